The first-order chi connectivity index (χ1) is 11.4. The van der Waals surface area contributed by atoms with Crippen LogP contribution in [0.15, 0.2) is 53.4 Å². The standard InChI is InChI=1S/C20H25NO2S/c1-14(2)20(18-8-6-5-7-15(18)3)21-19(22)13-16-9-11-17(12-10-16)24(4)23/h5-12,14,20H,13H2,1-4H3,(H,21,22)/t20-,24+/m1/s1. The molecule has 0 spiro atoms. The summed E-state index contributed by atoms with van der Waals surface area (Å²) in [6.45, 7) is 6.30. The van der Waals surface area contributed by atoms with Gasteiger partial charge in [-0.2, -0.15) is 0 Å². The van der Waals surface area contributed by atoms with E-state index in [9.17, 15) is 9.00 Å². The summed E-state index contributed by atoms with van der Waals surface area (Å²) in [5.74, 6) is 0.308. The van der Waals surface area contributed by atoms with Gasteiger partial charge in [-0.1, -0.05) is 50.2 Å². The Morgan fingerprint density at radius 2 is 1.71 bits per heavy atom. The molecule has 2 rings (SSSR count). The van der Waals surface area contributed by atoms with Crippen LogP contribution in [-0.4, -0.2) is 16.4 Å². The quantitative estimate of drug-likeness (QED) is 0.867. The summed E-state index contributed by atoms with van der Waals surface area (Å²) in [4.78, 5) is 13.2. The van der Waals surface area contributed by atoms with Crippen molar-refractivity contribution in [2.45, 2.75) is 38.1 Å². The van der Waals surface area contributed by atoms with Gasteiger partial charge in [-0.3, -0.25) is 9.00 Å². The van der Waals surface area contributed by atoms with Crippen molar-refractivity contribution in [1.29, 1.82) is 0 Å². The molecular weight excluding hydrogens is 318 g/mol. The Bertz CT molecular complexity index is 723. The summed E-state index contributed by atoms with van der Waals surface area (Å²) in [7, 11) is -0.993. The Balaban J connectivity index is 2.08. The first kappa shape index (κ1) is 18.4. The van der Waals surface area contributed by atoms with Gasteiger partial charge in [-0.15, -0.1) is 0 Å². The number of aryl methyl sites for hydroxylation is 1. The minimum atomic E-state index is -0.993. The largest absolute Gasteiger partial charge is 0.349 e. The minimum absolute atomic E-state index is 0.00104. The van der Waals surface area contributed by atoms with Gasteiger partial charge in [0.1, 0.15) is 0 Å². The fourth-order valence-corrected chi connectivity index (χ4v) is 3.27. The second-order valence-electron chi connectivity index (χ2n) is 6.42. The SMILES string of the molecule is Cc1ccccc1[C@H](NC(=O)Cc1ccc([S@](C)=O)cc1)C(C)C. The van der Waals surface area contributed by atoms with Gasteiger partial charge >= 0.3 is 0 Å². The summed E-state index contributed by atoms with van der Waals surface area (Å²) in [6.07, 6.45) is 1.98. The van der Waals surface area contributed by atoms with Crippen molar-refractivity contribution >= 4 is 16.7 Å². The van der Waals surface area contributed by atoms with Crippen molar-refractivity contribution in [3.63, 3.8) is 0 Å². The molecule has 0 fully saturated rings. The highest BCUT2D eigenvalue weighted by Crippen LogP contribution is 2.24. The maximum atomic E-state index is 12.5. The van der Waals surface area contributed by atoms with E-state index in [1.807, 2.05) is 36.4 Å². The molecular formula is C20H25NO2S. The lowest BCUT2D eigenvalue weighted by molar-refractivity contribution is -0.121. The van der Waals surface area contributed by atoms with E-state index in [1.165, 1.54) is 5.56 Å². The highest BCUT2D eigenvalue weighted by Gasteiger charge is 2.19. The third-order valence-corrected chi connectivity index (χ3v) is 5.06. The third kappa shape index (κ3) is 4.78. The first-order valence-electron chi connectivity index (χ1n) is 8.15. The van der Waals surface area contributed by atoms with Crippen molar-refractivity contribution < 1.29 is 9.00 Å². The zero-order valence-corrected chi connectivity index (χ0v) is 15.5. The Hall–Kier alpha value is -1.94. The lowest BCUT2D eigenvalue weighted by Gasteiger charge is -2.24. The summed E-state index contributed by atoms with van der Waals surface area (Å²) in [5, 5.41) is 3.16. The van der Waals surface area contributed by atoms with Crippen LogP contribution in [-0.2, 0) is 22.0 Å². The van der Waals surface area contributed by atoms with Crippen LogP contribution in [0.5, 0.6) is 0 Å². The van der Waals surface area contributed by atoms with Crippen molar-refractivity contribution in [1.82, 2.24) is 5.32 Å². The van der Waals surface area contributed by atoms with Gasteiger partial charge in [0, 0.05) is 22.0 Å². The van der Waals surface area contributed by atoms with Gasteiger partial charge in [-0.05, 0) is 41.7 Å². The van der Waals surface area contributed by atoms with E-state index in [-0.39, 0.29) is 11.9 Å². The molecule has 0 aliphatic carbocycles. The minimum Gasteiger partial charge on any atom is -0.349 e. The first-order valence-corrected chi connectivity index (χ1v) is 9.71. The highest BCUT2D eigenvalue weighted by atomic mass is 32.2. The molecule has 0 unspecified atom stereocenters. The maximum Gasteiger partial charge on any atom is 0.224 e. The molecule has 128 valence electrons. The van der Waals surface area contributed by atoms with E-state index in [4.69, 9.17) is 0 Å². The Morgan fingerprint density at radius 3 is 2.25 bits per heavy atom. The van der Waals surface area contributed by atoms with E-state index in [0.717, 1.165) is 16.0 Å². The fourth-order valence-electron chi connectivity index (χ4n) is 2.75. The molecule has 0 aliphatic heterocycles. The van der Waals surface area contributed by atoms with Crippen molar-refractivity contribution in [3.05, 3.63) is 65.2 Å². The molecule has 0 saturated carbocycles. The molecule has 0 heterocycles. The van der Waals surface area contributed by atoms with Crippen LogP contribution in [0.25, 0.3) is 0 Å². The monoisotopic (exact) mass is 343 g/mol. The zero-order valence-electron chi connectivity index (χ0n) is 14.7. The topological polar surface area (TPSA) is 46.2 Å². The number of hydrogen-bond acceptors (Lipinski definition) is 2. The van der Waals surface area contributed by atoms with Crippen LogP contribution < -0.4 is 5.32 Å². The molecule has 0 bridgehead atoms. The van der Waals surface area contributed by atoms with E-state index in [2.05, 4.69) is 38.2 Å². The zero-order chi connectivity index (χ0) is 17.7. The maximum absolute atomic E-state index is 12.5. The van der Waals surface area contributed by atoms with Gasteiger partial charge in [0.15, 0.2) is 0 Å². The number of hydrogen-bond donors (Lipinski definition) is 1. The molecule has 0 saturated heterocycles. The third-order valence-electron chi connectivity index (χ3n) is 4.13. The van der Waals surface area contributed by atoms with E-state index in [1.54, 1.807) is 6.26 Å². The molecule has 4 heteroatoms. The predicted molar refractivity (Wildman–Crippen MR) is 99.4 cm³/mol. The molecule has 3 nitrogen and oxygen atoms in total. The van der Waals surface area contributed by atoms with Crippen LogP contribution >= 0.6 is 0 Å². The number of amides is 1. The molecule has 1 N–H and O–H groups in total. The molecule has 24 heavy (non-hydrogen) atoms. The van der Waals surface area contributed by atoms with Crippen LogP contribution in [0.4, 0.5) is 0 Å². The van der Waals surface area contributed by atoms with Crippen LogP contribution in [0.3, 0.4) is 0 Å². The van der Waals surface area contributed by atoms with Crippen molar-refractivity contribution in [2.24, 2.45) is 5.92 Å². The van der Waals surface area contributed by atoms with E-state index < -0.39 is 10.8 Å². The van der Waals surface area contributed by atoms with Crippen LogP contribution in [0.2, 0.25) is 0 Å². The van der Waals surface area contributed by atoms with Gasteiger partial charge in [-0.25, -0.2) is 0 Å². The molecule has 2 aromatic carbocycles. The highest BCUT2D eigenvalue weighted by molar-refractivity contribution is 7.84. The molecule has 0 radical (unpaired) electrons. The van der Waals surface area contributed by atoms with Crippen molar-refractivity contribution in [3.8, 4) is 0 Å². The summed E-state index contributed by atoms with van der Waals surface area (Å²) in [6, 6.07) is 15.5. The normalized spacial score (nSPS) is 13.5. The second kappa shape index (κ2) is 8.25. The smallest absolute Gasteiger partial charge is 0.224 e. The number of benzene rings is 2. The number of carbonyl (C=O) groups is 1. The Kier molecular flexibility index (Phi) is 6.32. The summed E-state index contributed by atoms with van der Waals surface area (Å²) in [5.41, 5.74) is 3.28. The van der Waals surface area contributed by atoms with Crippen LogP contribution in [0, 0.1) is 12.8 Å². The van der Waals surface area contributed by atoms with Gasteiger partial charge in [0.2, 0.25) is 5.91 Å². The van der Waals surface area contributed by atoms with E-state index in [0.29, 0.717) is 12.3 Å². The van der Waals surface area contributed by atoms with Gasteiger partial charge in [0.25, 0.3) is 0 Å². The van der Waals surface area contributed by atoms with E-state index >= 15 is 0 Å². The lowest BCUT2D eigenvalue weighted by atomic mass is 9.92. The summed E-state index contributed by atoms with van der Waals surface area (Å²) >= 11 is 0. The molecule has 1 amide bonds. The Morgan fingerprint density at radius 1 is 1.08 bits per heavy atom. The lowest BCUT2D eigenvalue weighted by Crippen LogP contribution is -2.33. The molecule has 0 aliphatic rings. The Labute approximate surface area is 146 Å². The average molecular weight is 343 g/mol. The van der Waals surface area contributed by atoms with Crippen molar-refractivity contribution in [2.75, 3.05) is 6.26 Å². The fraction of sp³-hybridized carbons (Fsp3) is 0.350. The molecule has 0 aromatic heterocycles. The number of rotatable bonds is 6. The number of carbonyl (C=O) groups excluding carboxylic acids is 1. The number of nitrogens with one attached hydrogen (secondary N) is 1. The summed E-state index contributed by atoms with van der Waals surface area (Å²) < 4.78 is 11.4. The van der Waals surface area contributed by atoms with Crippen LogP contribution in [0.1, 0.15) is 36.6 Å². The second-order valence-corrected chi connectivity index (χ2v) is 7.80. The van der Waals surface area contributed by atoms with Gasteiger partial charge < -0.3 is 5.32 Å². The molecule has 2 aromatic rings. The predicted octanol–water partition coefficient (Wildman–Crippen LogP) is 3.79. The molecule has 2 atom stereocenters. The van der Waals surface area contributed by atoms with Gasteiger partial charge in [0.05, 0.1) is 12.5 Å². The average Bonchev–Trinajstić information content (AvgIpc) is 2.53.